The molecule has 2 rings (SSSR count). The van der Waals surface area contributed by atoms with Crippen LogP contribution in [0.3, 0.4) is 0 Å². The van der Waals surface area contributed by atoms with E-state index in [9.17, 15) is 14.4 Å². The zero-order valence-electron chi connectivity index (χ0n) is 11.9. The Morgan fingerprint density at radius 2 is 1.90 bits per heavy atom. The molecule has 0 fully saturated rings. The van der Waals surface area contributed by atoms with E-state index in [-0.39, 0.29) is 23.6 Å². The SMILES string of the molecule is CN(C)CCNC(=O)CN1C(=O)c2ccc(Cl)cc2C1=O. The minimum absolute atomic E-state index is 0.244. The summed E-state index contributed by atoms with van der Waals surface area (Å²) < 4.78 is 0. The fourth-order valence-electron chi connectivity index (χ4n) is 2.02. The molecule has 1 aliphatic heterocycles. The number of nitrogens with one attached hydrogen (secondary N) is 1. The number of halogens is 1. The second-order valence-corrected chi connectivity index (χ2v) is 5.48. The zero-order chi connectivity index (χ0) is 15.6. The van der Waals surface area contributed by atoms with Crippen LogP contribution in [-0.4, -0.2) is 61.3 Å². The van der Waals surface area contributed by atoms with Crippen molar-refractivity contribution >= 4 is 29.3 Å². The molecule has 6 nitrogen and oxygen atoms in total. The van der Waals surface area contributed by atoms with Gasteiger partial charge in [0, 0.05) is 18.1 Å². The van der Waals surface area contributed by atoms with Gasteiger partial charge < -0.3 is 10.2 Å². The Bertz CT molecular complexity index is 601. The lowest BCUT2D eigenvalue weighted by molar-refractivity contribution is -0.121. The number of hydrogen-bond acceptors (Lipinski definition) is 4. The maximum absolute atomic E-state index is 12.1. The largest absolute Gasteiger partial charge is 0.353 e. The van der Waals surface area contributed by atoms with Gasteiger partial charge in [0.2, 0.25) is 5.91 Å². The molecule has 0 spiro atoms. The van der Waals surface area contributed by atoms with Crippen LogP contribution < -0.4 is 5.32 Å². The van der Waals surface area contributed by atoms with Gasteiger partial charge in [-0.1, -0.05) is 11.6 Å². The molecule has 1 heterocycles. The Hall–Kier alpha value is -1.92. The van der Waals surface area contributed by atoms with Gasteiger partial charge >= 0.3 is 0 Å². The highest BCUT2D eigenvalue weighted by Gasteiger charge is 2.36. The number of rotatable bonds is 5. The number of hydrogen-bond donors (Lipinski definition) is 1. The molecule has 3 amide bonds. The lowest BCUT2D eigenvalue weighted by Crippen LogP contribution is -2.42. The first-order chi connectivity index (χ1) is 9.90. The maximum atomic E-state index is 12.1. The Morgan fingerprint density at radius 1 is 1.24 bits per heavy atom. The Balaban J connectivity index is 2.01. The Kier molecular flexibility index (Phi) is 4.59. The summed E-state index contributed by atoms with van der Waals surface area (Å²) in [6.07, 6.45) is 0. The van der Waals surface area contributed by atoms with E-state index in [1.807, 2.05) is 19.0 Å². The van der Waals surface area contributed by atoms with Gasteiger partial charge in [-0.2, -0.15) is 0 Å². The highest BCUT2D eigenvalue weighted by molar-refractivity contribution is 6.32. The van der Waals surface area contributed by atoms with Gasteiger partial charge in [0.05, 0.1) is 11.1 Å². The molecule has 21 heavy (non-hydrogen) atoms. The molecular weight excluding hydrogens is 294 g/mol. The lowest BCUT2D eigenvalue weighted by Gasteiger charge is -2.14. The molecule has 112 valence electrons. The normalized spacial score (nSPS) is 13.8. The van der Waals surface area contributed by atoms with Gasteiger partial charge in [-0.05, 0) is 32.3 Å². The first-order valence-electron chi connectivity index (χ1n) is 6.47. The number of nitrogens with zero attached hydrogens (tertiary/aromatic N) is 2. The van der Waals surface area contributed by atoms with Crippen molar-refractivity contribution in [2.75, 3.05) is 33.7 Å². The molecule has 0 bridgehead atoms. The molecule has 0 radical (unpaired) electrons. The molecule has 0 saturated carbocycles. The molecule has 7 heteroatoms. The van der Waals surface area contributed by atoms with E-state index in [0.29, 0.717) is 18.1 Å². The fourth-order valence-corrected chi connectivity index (χ4v) is 2.20. The second kappa shape index (κ2) is 6.24. The van der Waals surface area contributed by atoms with Crippen LogP contribution in [0.4, 0.5) is 0 Å². The van der Waals surface area contributed by atoms with E-state index in [1.54, 1.807) is 6.07 Å². The van der Waals surface area contributed by atoms with Crippen molar-refractivity contribution in [3.05, 3.63) is 34.3 Å². The number of likely N-dealkylation sites (N-methyl/N-ethyl adjacent to an activating group) is 1. The van der Waals surface area contributed by atoms with Crippen LogP contribution in [0.2, 0.25) is 5.02 Å². The van der Waals surface area contributed by atoms with Crippen LogP contribution in [0.15, 0.2) is 18.2 Å². The number of benzene rings is 1. The number of imide groups is 1. The highest BCUT2D eigenvalue weighted by atomic mass is 35.5. The van der Waals surface area contributed by atoms with E-state index in [1.165, 1.54) is 12.1 Å². The molecule has 0 unspecified atom stereocenters. The molecule has 0 aromatic heterocycles. The summed E-state index contributed by atoms with van der Waals surface area (Å²) in [6, 6.07) is 4.50. The monoisotopic (exact) mass is 309 g/mol. The van der Waals surface area contributed by atoms with Gasteiger partial charge in [-0.3, -0.25) is 19.3 Å². The van der Waals surface area contributed by atoms with Gasteiger partial charge in [0.25, 0.3) is 11.8 Å². The van der Waals surface area contributed by atoms with Crippen LogP contribution in [0.5, 0.6) is 0 Å². The summed E-state index contributed by atoms with van der Waals surface area (Å²) in [7, 11) is 3.78. The first kappa shape index (κ1) is 15.5. The minimum Gasteiger partial charge on any atom is -0.353 e. The molecule has 0 aliphatic carbocycles. The van der Waals surface area contributed by atoms with Crippen LogP contribution >= 0.6 is 11.6 Å². The third kappa shape index (κ3) is 3.40. The predicted molar refractivity (Wildman–Crippen MR) is 78.4 cm³/mol. The average Bonchev–Trinajstić information content (AvgIpc) is 2.63. The zero-order valence-corrected chi connectivity index (χ0v) is 12.6. The van der Waals surface area contributed by atoms with E-state index < -0.39 is 11.8 Å². The Labute approximate surface area is 127 Å². The summed E-state index contributed by atoms with van der Waals surface area (Å²) >= 11 is 5.82. The summed E-state index contributed by atoms with van der Waals surface area (Å²) in [5.74, 6) is -1.31. The van der Waals surface area contributed by atoms with E-state index >= 15 is 0 Å². The Morgan fingerprint density at radius 3 is 2.57 bits per heavy atom. The predicted octanol–water partition coefficient (Wildman–Crippen LogP) is 0.614. The van der Waals surface area contributed by atoms with Crippen molar-refractivity contribution in [1.82, 2.24) is 15.1 Å². The van der Waals surface area contributed by atoms with Crippen molar-refractivity contribution in [2.24, 2.45) is 0 Å². The number of carbonyl (C=O) groups excluding carboxylic acids is 3. The topological polar surface area (TPSA) is 69.7 Å². The first-order valence-corrected chi connectivity index (χ1v) is 6.85. The van der Waals surface area contributed by atoms with Crippen molar-refractivity contribution in [2.45, 2.75) is 0 Å². The number of amides is 3. The smallest absolute Gasteiger partial charge is 0.262 e. The van der Waals surface area contributed by atoms with Gasteiger partial charge in [-0.15, -0.1) is 0 Å². The maximum Gasteiger partial charge on any atom is 0.262 e. The van der Waals surface area contributed by atoms with E-state index in [4.69, 9.17) is 11.6 Å². The number of fused-ring (bicyclic) bond motifs is 1. The fraction of sp³-hybridized carbons (Fsp3) is 0.357. The van der Waals surface area contributed by atoms with Gasteiger partial charge in [-0.25, -0.2) is 0 Å². The summed E-state index contributed by atoms with van der Waals surface area (Å²) in [5, 5.41) is 3.05. The molecule has 1 aliphatic rings. The highest BCUT2D eigenvalue weighted by Crippen LogP contribution is 2.25. The summed E-state index contributed by atoms with van der Waals surface area (Å²) in [5.41, 5.74) is 0.527. The summed E-state index contributed by atoms with van der Waals surface area (Å²) in [6.45, 7) is 0.863. The van der Waals surface area contributed by atoms with Gasteiger partial charge in [0.1, 0.15) is 6.54 Å². The van der Waals surface area contributed by atoms with E-state index in [2.05, 4.69) is 5.32 Å². The van der Waals surface area contributed by atoms with E-state index in [0.717, 1.165) is 4.90 Å². The molecule has 0 saturated heterocycles. The third-order valence-corrected chi connectivity index (χ3v) is 3.35. The van der Waals surface area contributed by atoms with Crippen molar-refractivity contribution in [1.29, 1.82) is 0 Å². The van der Waals surface area contributed by atoms with Gasteiger partial charge in [0.15, 0.2) is 0 Å². The number of carbonyl (C=O) groups is 3. The van der Waals surface area contributed by atoms with Crippen LogP contribution in [0.25, 0.3) is 0 Å². The molecule has 1 aromatic carbocycles. The second-order valence-electron chi connectivity index (χ2n) is 5.04. The van der Waals surface area contributed by atoms with Crippen LogP contribution in [0.1, 0.15) is 20.7 Å². The molecular formula is C14H16ClN3O3. The average molecular weight is 310 g/mol. The van der Waals surface area contributed by atoms with Crippen LogP contribution in [0, 0.1) is 0 Å². The quantitative estimate of drug-likeness (QED) is 0.809. The third-order valence-electron chi connectivity index (χ3n) is 3.12. The lowest BCUT2D eigenvalue weighted by atomic mass is 10.1. The van der Waals surface area contributed by atoms with Crippen molar-refractivity contribution in [3.63, 3.8) is 0 Å². The summed E-state index contributed by atoms with van der Waals surface area (Å²) in [4.78, 5) is 38.9. The standard InChI is InChI=1S/C14H16ClN3O3/c1-17(2)6-5-16-12(19)8-18-13(20)10-4-3-9(15)7-11(10)14(18)21/h3-4,7H,5-6,8H2,1-2H3,(H,16,19). The molecule has 1 N–H and O–H groups in total. The van der Waals surface area contributed by atoms with Crippen molar-refractivity contribution < 1.29 is 14.4 Å². The minimum atomic E-state index is -0.486. The van der Waals surface area contributed by atoms with Crippen molar-refractivity contribution in [3.8, 4) is 0 Å². The van der Waals surface area contributed by atoms with Crippen LogP contribution in [-0.2, 0) is 4.79 Å². The molecule has 1 aromatic rings. The molecule has 0 atom stereocenters.